The van der Waals surface area contributed by atoms with Gasteiger partial charge in [-0.15, -0.1) is 11.3 Å². The van der Waals surface area contributed by atoms with Crippen molar-refractivity contribution >= 4 is 33.1 Å². The standard InChI is InChI=1S/C17H12N4OS/c22-16(17-20-13-6-2-4-8-15(13)23-17)19-12-5-1-3-7-14(12)21-10-9-18-11-21/h1-11H,(H,19,22). The Morgan fingerprint density at radius 1 is 1.09 bits per heavy atom. The van der Waals surface area contributed by atoms with E-state index in [2.05, 4.69) is 15.3 Å². The number of aromatic nitrogens is 3. The van der Waals surface area contributed by atoms with Crippen LogP contribution in [0.25, 0.3) is 15.9 Å². The molecular weight excluding hydrogens is 308 g/mol. The van der Waals surface area contributed by atoms with Crippen LogP contribution in [0.5, 0.6) is 0 Å². The number of fused-ring (bicyclic) bond motifs is 1. The van der Waals surface area contributed by atoms with E-state index >= 15 is 0 Å². The molecule has 1 amide bonds. The molecule has 0 saturated heterocycles. The summed E-state index contributed by atoms with van der Waals surface area (Å²) in [5.41, 5.74) is 2.42. The van der Waals surface area contributed by atoms with E-state index in [1.165, 1.54) is 11.3 Å². The summed E-state index contributed by atoms with van der Waals surface area (Å²) in [5.74, 6) is -0.209. The molecule has 0 aliphatic rings. The normalized spacial score (nSPS) is 10.8. The second kappa shape index (κ2) is 5.66. The maximum absolute atomic E-state index is 12.5. The highest BCUT2D eigenvalue weighted by molar-refractivity contribution is 7.20. The topological polar surface area (TPSA) is 59.8 Å². The van der Waals surface area contributed by atoms with E-state index in [1.807, 2.05) is 59.3 Å². The Kier molecular flexibility index (Phi) is 3.36. The third-order valence-corrected chi connectivity index (χ3v) is 4.46. The average Bonchev–Trinajstić information content (AvgIpc) is 3.25. The predicted molar refractivity (Wildman–Crippen MR) is 91.1 cm³/mol. The number of para-hydroxylation sites is 3. The largest absolute Gasteiger partial charge is 0.318 e. The summed E-state index contributed by atoms with van der Waals surface area (Å²) in [4.78, 5) is 21.0. The Morgan fingerprint density at radius 3 is 2.74 bits per heavy atom. The fourth-order valence-electron chi connectivity index (χ4n) is 2.35. The van der Waals surface area contributed by atoms with Crippen LogP contribution >= 0.6 is 11.3 Å². The van der Waals surface area contributed by atoms with Crippen molar-refractivity contribution in [2.75, 3.05) is 5.32 Å². The first-order valence-electron chi connectivity index (χ1n) is 7.05. The van der Waals surface area contributed by atoms with Gasteiger partial charge in [0.25, 0.3) is 5.91 Å². The van der Waals surface area contributed by atoms with E-state index in [9.17, 15) is 4.79 Å². The summed E-state index contributed by atoms with van der Waals surface area (Å²) in [6, 6.07) is 15.3. The number of carbonyl (C=O) groups is 1. The third kappa shape index (κ3) is 2.60. The van der Waals surface area contributed by atoms with Crippen LogP contribution in [0.15, 0.2) is 67.3 Å². The highest BCUT2D eigenvalue weighted by Gasteiger charge is 2.14. The number of nitrogens with one attached hydrogen (secondary N) is 1. The van der Waals surface area contributed by atoms with Crippen molar-refractivity contribution in [2.24, 2.45) is 0 Å². The summed E-state index contributed by atoms with van der Waals surface area (Å²) >= 11 is 1.39. The minimum Gasteiger partial charge on any atom is -0.318 e. The molecule has 0 radical (unpaired) electrons. The van der Waals surface area contributed by atoms with Gasteiger partial charge in [0.15, 0.2) is 5.01 Å². The van der Waals surface area contributed by atoms with Crippen molar-refractivity contribution in [1.29, 1.82) is 0 Å². The van der Waals surface area contributed by atoms with Gasteiger partial charge in [-0.2, -0.15) is 0 Å². The summed E-state index contributed by atoms with van der Waals surface area (Å²) in [5, 5.41) is 3.39. The molecule has 0 aliphatic heterocycles. The lowest BCUT2D eigenvalue weighted by atomic mass is 10.2. The minimum atomic E-state index is -0.209. The molecule has 112 valence electrons. The van der Waals surface area contributed by atoms with Crippen LogP contribution in [0.3, 0.4) is 0 Å². The van der Waals surface area contributed by atoms with Gasteiger partial charge in [0.05, 0.1) is 27.9 Å². The van der Waals surface area contributed by atoms with Crippen LogP contribution in [-0.4, -0.2) is 20.4 Å². The molecule has 4 aromatic rings. The van der Waals surface area contributed by atoms with Crippen LogP contribution in [0.2, 0.25) is 0 Å². The van der Waals surface area contributed by atoms with Gasteiger partial charge < -0.3 is 9.88 Å². The summed E-state index contributed by atoms with van der Waals surface area (Å²) < 4.78 is 2.86. The minimum absolute atomic E-state index is 0.209. The first-order valence-corrected chi connectivity index (χ1v) is 7.87. The first-order chi connectivity index (χ1) is 11.3. The smallest absolute Gasteiger partial charge is 0.284 e. The van der Waals surface area contributed by atoms with Crippen LogP contribution in [-0.2, 0) is 0 Å². The van der Waals surface area contributed by atoms with Gasteiger partial charge in [-0.25, -0.2) is 9.97 Å². The van der Waals surface area contributed by atoms with E-state index in [1.54, 1.807) is 12.5 Å². The Morgan fingerprint density at radius 2 is 1.91 bits per heavy atom. The average molecular weight is 320 g/mol. The number of benzene rings is 2. The quantitative estimate of drug-likeness (QED) is 0.625. The number of carbonyl (C=O) groups excluding carboxylic acids is 1. The van der Waals surface area contributed by atoms with Crippen LogP contribution in [0.4, 0.5) is 5.69 Å². The van der Waals surface area contributed by atoms with Crippen LogP contribution in [0.1, 0.15) is 9.80 Å². The molecule has 0 atom stereocenters. The molecule has 4 rings (SSSR count). The monoisotopic (exact) mass is 320 g/mol. The maximum Gasteiger partial charge on any atom is 0.284 e. The van der Waals surface area contributed by atoms with Gasteiger partial charge in [-0.3, -0.25) is 4.79 Å². The molecule has 2 heterocycles. The number of hydrogen-bond donors (Lipinski definition) is 1. The lowest BCUT2D eigenvalue weighted by Crippen LogP contribution is -2.13. The Labute approximate surface area is 136 Å². The van der Waals surface area contributed by atoms with Gasteiger partial charge in [0.1, 0.15) is 0 Å². The Bertz CT molecular complexity index is 942. The van der Waals surface area contributed by atoms with Crippen molar-refractivity contribution < 1.29 is 4.79 Å². The van der Waals surface area contributed by atoms with Gasteiger partial charge >= 0.3 is 0 Å². The molecule has 23 heavy (non-hydrogen) atoms. The van der Waals surface area contributed by atoms with Gasteiger partial charge in [-0.05, 0) is 24.3 Å². The molecule has 0 aliphatic carbocycles. The Balaban J connectivity index is 1.67. The van der Waals surface area contributed by atoms with Gasteiger partial charge in [-0.1, -0.05) is 24.3 Å². The third-order valence-electron chi connectivity index (χ3n) is 3.42. The van der Waals surface area contributed by atoms with Gasteiger partial charge in [0.2, 0.25) is 0 Å². The van der Waals surface area contributed by atoms with Crippen LogP contribution in [0, 0.1) is 0 Å². The first kappa shape index (κ1) is 13.7. The molecule has 0 unspecified atom stereocenters. The molecular formula is C17H12N4OS. The van der Waals surface area contributed by atoms with Crippen molar-refractivity contribution in [2.45, 2.75) is 0 Å². The van der Waals surface area contributed by atoms with Crippen molar-refractivity contribution in [3.63, 3.8) is 0 Å². The number of amides is 1. The van der Waals surface area contributed by atoms with Crippen LogP contribution < -0.4 is 5.32 Å². The summed E-state index contributed by atoms with van der Waals surface area (Å²) in [6.07, 6.45) is 5.23. The second-order valence-corrected chi connectivity index (χ2v) is 5.96. The number of thiazole rings is 1. The highest BCUT2D eigenvalue weighted by Crippen LogP contribution is 2.24. The highest BCUT2D eigenvalue weighted by atomic mass is 32.1. The van der Waals surface area contributed by atoms with E-state index < -0.39 is 0 Å². The fraction of sp³-hybridized carbons (Fsp3) is 0. The lowest BCUT2D eigenvalue weighted by Gasteiger charge is -2.10. The molecule has 2 aromatic carbocycles. The number of rotatable bonds is 3. The molecule has 0 bridgehead atoms. The maximum atomic E-state index is 12.5. The summed E-state index contributed by atoms with van der Waals surface area (Å²) in [6.45, 7) is 0. The number of imidazole rings is 1. The second-order valence-electron chi connectivity index (χ2n) is 4.93. The zero-order valence-electron chi connectivity index (χ0n) is 12.0. The van der Waals surface area contributed by atoms with Crippen molar-refractivity contribution in [3.05, 3.63) is 72.3 Å². The van der Waals surface area contributed by atoms with E-state index in [0.29, 0.717) is 5.01 Å². The number of hydrogen-bond acceptors (Lipinski definition) is 4. The number of anilines is 1. The van der Waals surface area contributed by atoms with Gasteiger partial charge in [0, 0.05) is 12.4 Å². The zero-order chi connectivity index (χ0) is 15.6. The number of nitrogens with zero attached hydrogens (tertiary/aromatic N) is 3. The molecule has 5 nitrogen and oxygen atoms in total. The molecule has 1 N–H and O–H groups in total. The SMILES string of the molecule is O=C(Nc1ccccc1-n1ccnc1)c1nc2ccccc2s1. The van der Waals surface area contributed by atoms with E-state index in [4.69, 9.17) is 0 Å². The zero-order valence-corrected chi connectivity index (χ0v) is 12.8. The summed E-state index contributed by atoms with van der Waals surface area (Å²) in [7, 11) is 0. The van der Waals surface area contributed by atoms with Crippen molar-refractivity contribution in [3.8, 4) is 5.69 Å². The molecule has 0 spiro atoms. The molecule has 6 heteroatoms. The molecule has 2 aromatic heterocycles. The van der Waals surface area contributed by atoms with E-state index in [0.717, 1.165) is 21.6 Å². The fourth-order valence-corrected chi connectivity index (χ4v) is 3.21. The van der Waals surface area contributed by atoms with Crippen molar-refractivity contribution in [1.82, 2.24) is 14.5 Å². The Hall–Kier alpha value is -2.99. The molecule has 0 fully saturated rings. The lowest BCUT2D eigenvalue weighted by molar-refractivity contribution is 0.102. The predicted octanol–water partition coefficient (Wildman–Crippen LogP) is 3.73. The molecule has 0 saturated carbocycles. The van der Waals surface area contributed by atoms with E-state index in [-0.39, 0.29) is 5.91 Å².